The van der Waals surface area contributed by atoms with Gasteiger partial charge >= 0.3 is 0 Å². The summed E-state index contributed by atoms with van der Waals surface area (Å²) in [6, 6.07) is 18.7. The summed E-state index contributed by atoms with van der Waals surface area (Å²) in [4.78, 5) is 41.8. The summed E-state index contributed by atoms with van der Waals surface area (Å²) in [5.41, 5.74) is 1.33. The van der Waals surface area contributed by atoms with Gasteiger partial charge in [0.2, 0.25) is 5.91 Å². The predicted molar refractivity (Wildman–Crippen MR) is 139 cm³/mol. The average Bonchev–Trinajstić information content (AvgIpc) is 3.52. The van der Waals surface area contributed by atoms with Crippen molar-refractivity contribution in [2.45, 2.75) is 30.3 Å². The zero-order chi connectivity index (χ0) is 25.2. The van der Waals surface area contributed by atoms with Gasteiger partial charge in [0.15, 0.2) is 5.78 Å². The third-order valence-corrected chi connectivity index (χ3v) is 8.58. The van der Waals surface area contributed by atoms with Crippen LogP contribution in [-0.2, 0) is 10.3 Å². The highest BCUT2D eigenvalue weighted by atomic mass is 79.9. The Morgan fingerprint density at radius 3 is 2.67 bits per heavy atom. The quantitative estimate of drug-likeness (QED) is 0.240. The van der Waals surface area contributed by atoms with Crippen LogP contribution in [0.2, 0.25) is 5.02 Å². The largest absolute Gasteiger partial charge is 0.324 e. The van der Waals surface area contributed by atoms with Crippen LogP contribution < -0.4 is 5.32 Å². The van der Waals surface area contributed by atoms with Crippen LogP contribution in [0.3, 0.4) is 0 Å². The number of amides is 1. The van der Waals surface area contributed by atoms with E-state index in [4.69, 9.17) is 11.6 Å². The Hall–Kier alpha value is -3.07. The van der Waals surface area contributed by atoms with Gasteiger partial charge in [0.1, 0.15) is 5.54 Å². The maximum absolute atomic E-state index is 14.4. The Kier molecular flexibility index (Phi) is 5.51. The molecule has 0 saturated carbocycles. The lowest BCUT2D eigenvalue weighted by atomic mass is 9.68. The van der Waals surface area contributed by atoms with Crippen LogP contribution in [0.4, 0.5) is 11.4 Å². The molecule has 3 aromatic rings. The van der Waals surface area contributed by atoms with E-state index in [0.717, 1.165) is 22.9 Å². The first-order chi connectivity index (χ1) is 17.3. The smallest absolute Gasteiger partial charge is 0.269 e. The van der Waals surface area contributed by atoms with E-state index in [1.807, 2.05) is 24.3 Å². The SMILES string of the molecule is O=C(c1ccc(Cl)cc1)C1C(c2cccc([N+](=O)[O-])c2)C2CCCN2[C@@]12C(=O)Nc1ccc(Br)cc12. The molecule has 1 N–H and O–H groups in total. The summed E-state index contributed by atoms with van der Waals surface area (Å²) < 4.78 is 0.810. The average molecular weight is 567 g/mol. The number of anilines is 1. The number of carbonyl (C=O) groups is 2. The minimum absolute atomic E-state index is 0.0327. The second-order valence-corrected chi connectivity index (χ2v) is 10.9. The van der Waals surface area contributed by atoms with E-state index >= 15 is 0 Å². The molecule has 3 aliphatic heterocycles. The Morgan fingerprint density at radius 1 is 1.14 bits per heavy atom. The predicted octanol–water partition coefficient (Wildman–Crippen LogP) is 5.92. The number of nitrogens with one attached hydrogen (secondary N) is 1. The molecule has 3 heterocycles. The van der Waals surface area contributed by atoms with Gasteiger partial charge in [0.05, 0.1) is 10.8 Å². The molecule has 3 unspecified atom stereocenters. The summed E-state index contributed by atoms with van der Waals surface area (Å²) in [7, 11) is 0. The number of fused-ring (bicyclic) bond motifs is 4. The van der Waals surface area contributed by atoms with Gasteiger partial charge in [-0.15, -0.1) is 0 Å². The Labute approximate surface area is 220 Å². The maximum atomic E-state index is 14.4. The molecule has 0 radical (unpaired) electrons. The van der Waals surface area contributed by atoms with E-state index < -0.39 is 22.3 Å². The number of Topliss-reactive ketones (excluding diaryl/α,β-unsaturated/α-hetero) is 1. The number of rotatable bonds is 4. The molecule has 7 nitrogen and oxygen atoms in total. The lowest BCUT2D eigenvalue weighted by Crippen LogP contribution is -2.52. The topological polar surface area (TPSA) is 92.5 Å². The monoisotopic (exact) mass is 565 g/mol. The molecule has 182 valence electrons. The lowest BCUT2D eigenvalue weighted by molar-refractivity contribution is -0.384. The molecule has 0 bridgehead atoms. The van der Waals surface area contributed by atoms with Crippen molar-refractivity contribution in [2.75, 3.05) is 11.9 Å². The molecule has 2 fully saturated rings. The van der Waals surface area contributed by atoms with Gasteiger partial charge in [0.25, 0.3) is 5.69 Å². The van der Waals surface area contributed by atoms with Crippen molar-refractivity contribution in [1.82, 2.24) is 4.90 Å². The van der Waals surface area contributed by atoms with Crippen molar-refractivity contribution in [1.29, 1.82) is 0 Å². The Bertz CT molecular complexity index is 1430. The number of nitro groups is 1. The summed E-state index contributed by atoms with van der Waals surface area (Å²) in [6.07, 6.45) is 1.66. The van der Waals surface area contributed by atoms with Gasteiger partial charge in [-0.25, -0.2) is 0 Å². The Balaban J connectivity index is 1.62. The minimum atomic E-state index is -1.23. The van der Waals surface area contributed by atoms with Crippen molar-refractivity contribution in [3.63, 3.8) is 0 Å². The molecule has 0 aliphatic carbocycles. The summed E-state index contributed by atoms with van der Waals surface area (Å²) in [6.45, 7) is 0.653. The third-order valence-electron chi connectivity index (χ3n) is 7.84. The Morgan fingerprint density at radius 2 is 1.92 bits per heavy atom. The number of carbonyl (C=O) groups excluding carboxylic acids is 2. The number of nitro benzene ring substituents is 1. The molecule has 1 spiro atoms. The second-order valence-electron chi connectivity index (χ2n) is 9.54. The standard InChI is InChI=1S/C27H21BrClN3O4/c28-17-8-11-21-20(14-17)27(26(34)30-21)24(25(33)15-6-9-18(29)10-7-15)23(22-5-2-12-31(22)27)16-3-1-4-19(13-16)32(35)36/h1,3-4,6-11,13-14,22-24H,2,5,12H2,(H,30,34)/t22?,23?,24?,27-/m1/s1. The molecule has 1 amide bonds. The van der Waals surface area contributed by atoms with Crippen LogP contribution in [0.1, 0.15) is 40.2 Å². The molecular formula is C27H21BrClN3O4. The molecule has 9 heteroatoms. The van der Waals surface area contributed by atoms with Crippen LogP contribution in [-0.4, -0.2) is 34.1 Å². The summed E-state index contributed by atoms with van der Waals surface area (Å²) in [5, 5.41) is 15.2. The zero-order valence-corrected chi connectivity index (χ0v) is 21.3. The van der Waals surface area contributed by atoms with Gasteiger partial charge in [-0.05, 0) is 67.4 Å². The number of ketones is 1. The highest BCUT2D eigenvalue weighted by molar-refractivity contribution is 9.10. The van der Waals surface area contributed by atoms with Crippen molar-refractivity contribution in [2.24, 2.45) is 5.92 Å². The molecule has 3 aliphatic rings. The number of nitrogens with zero attached hydrogens (tertiary/aromatic N) is 2. The summed E-state index contributed by atoms with van der Waals surface area (Å²) >= 11 is 9.65. The highest BCUT2D eigenvalue weighted by Crippen LogP contribution is 2.61. The zero-order valence-electron chi connectivity index (χ0n) is 19.0. The first kappa shape index (κ1) is 23.3. The number of hydrogen-bond donors (Lipinski definition) is 1. The minimum Gasteiger partial charge on any atom is -0.324 e. The second kappa shape index (κ2) is 8.50. The fourth-order valence-corrected chi connectivity index (χ4v) is 7.03. The first-order valence-corrected chi connectivity index (χ1v) is 12.9. The maximum Gasteiger partial charge on any atom is 0.269 e. The fourth-order valence-electron chi connectivity index (χ4n) is 6.55. The van der Waals surface area contributed by atoms with E-state index in [1.54, 1.807) is 36.4 Å². The highest BCUT2D eigenvalue weighted by Gasteiger charge is 2.69. The molecule has 4 atom stereocenters. The van der Waals surface area contributed by atoms with Crippen molar-refractivity contribution in [3.8, 4) is 0 Å². The molecular weight excluding hydrogens is 546 g/mol. The molecule has 2 saturated heterocycles. The molecule has 6 rings (SSSR count). The van der Waals surface area contributed by atoms with E-state index in [9.17, 15) is 19.7 Å². The normalized spacial score (nSPS) is 26.6. The first-order valence-electron chi connectivity index (χ1n) is 11.7. The van der Waals surface area contributed by atoms with E-state index in [2.05, 4.69) is 26.1 Å². The number of halogens is 2. The van der Waals surface area contributed by atoms with E-state index in [0.29, 0.717) is 28.4 Å². The summed E-state index contributed by atoms with van der Waals surface area (Å²) in [5.74, 6) is -1.61. The van der Waals surface area contributed by atoms with Crippen LogP contribution in [0.15, 0.2) is 71.2 Å². The molecule has 0 aromatic heterocycles. The number of non-ortho nitro benzene ring substituents is 1. The van der Waals surface area contributed by atoms with Gasteiger partial charge in [-0.1, -0.05) is 39.7 Å². The number of hydrogen-bond acceptors (Lipinski definition) is 5. The lowest BCUT2D eigenvalue weighted by Gasteiger charge is -2.37. The van der Waals surface area contributed by atoms with Crippen LogP contribution in [0, 0.1) is 16.0 Å². The number of benzene rings is 3. The van der Waals surface area contributed by atoms with Crippen molar-refractivity contribution < 1.29 is 14.5 Å². The molecule has 3 aromatic carbocycles. The van der Waals surface area contributed by atoms with Crippen LogP contribution in [0.5, 0.6) is 0 Å². The van der Waals surface area contributed by atoms with Crippen molar-refractivity contribution >= 4 is 50.6 Å². The van der Waals surface area contributed by atoms with Crippen LogP contribution in [0.25, 0.3) is 0 Å². The van der Waals surface area contributed by atoms with Crippen LogP contribution >= 0.6 is 27.5 Å². The molecule has 36 heavy (non-hydrogen) atoms. The van der Waals surface area contributed by atoms with Crippen molar-refractivity contribution in [3.05, 3.63) is 103 Å². The van der Waals surface area contributed by atoms with Gasteiger partial charge < -0.3 is 5.32 Å². The fraction of sp³-hybridized carbons (Fsp3) is 0.259. The van der Waals surface area contributed by atoms with Gasteiger partial charge in [-0.3, -0.25) is 24.6 Å². The van der Waals surface area contributed by atoms with E-state index in [1.165, 1.54) is 6.07 Å². The third kappa shape index (κ3) is 3.28. The van der Waals surface area contributed by atoms with Gasteiger partial charge in [-0.2, -0.15) is 0 Å². The van der Waals surface area contributed by atoms with E-state index in [-0.39, 0.29) is 23.4 Å². The van der Waals surface area contributed by atoms with Gasteiger partial charge in [0, 0.05) is 50.4 Å².